The average molecular weight is 195 g/mol. The monoisotopic (exact) mass is 195 g/mol. The van der Waals surface area contributed by atoms with Gasteiger partial charge in [-0.3, -0.25) is 0 Å². The molecule has 1 aromatic heterocycles. The first-order valence-electron chi connectivity index (χ1n) is 4.29. The predicted octanol–water partition coefficient (Wildman–Crippen LogP) is 1.60. The summed E-state index contributed by atoms with van der Waals surface area (Å²) >= 11 is 1.24. The van der Waals surface area contributed by atoms with E-state index in [-0.39, 0.29) is 6.04 Å². The summed E-state index contributed by atoms with van der Waals surface area (Å²) in [4.78, 5) is 0. The van der Waals surface area contributed by atoms with Crippen molar-refractivity contribution in [2.24, 2.45) is 0 Å². The third-order valence-electron chi connectivity index (χ3n) is 1.67. The van der Waals surface area contributed by atoms with Crippen LogP contribution in [0.2, 0.25) is 0 Å². The maximum Gasteiger partial charge on any atom is 0.0922 e. The molecule has 0 aliphatic heterocycles. The Morgan fingerprint density at radius 2 is 2.54 bits per heavy atom. The summed E-state index contributed by atoms with van der Waals surface area (Å²) in [7, 11) is 0. The third kappa shape index (κ3) is 3.13. The number of rotatable bonds is 4. The lowest BCUT2D eigenvalue weighted by Gasteiger charge is -2.10. The van der Waals surface area contributed by atoms with E-state index in [4.69, 9.17) is 0 Å². The van der Waals surface area contributed by atoms with Gasteiger partial charge in [0.25, 0.3) is 0 Å². The number of hydrogen-bond acceptors (Lipinski definition) is 4. The summed E-state index contributed by atoms with van der Waals surface area (Å²) in [5, 5.41) is 3.32. The second-order valence-electron chi connectivity index (χ2n) is 2.57. The maximum absolute atomic E-state index is 4.19. The van der Waals surface area contributed by atoms with Gasteiger partial charge in [-0.1, -0.05) is 6.92 Å². The van der Waals surface area contributed by atoms with Crippen molar-refractivity contribution in [3.63, 3.8) is 0 Å². The van der Waals surface area contributed by atoms with E-state index >= 15 is 0 Å². The van der Waals surface area contributed by atoms with Crippen molar-refractivity contribution < 1.29 is 0 Å². The van der Waals surface area contributed by atoms with Gasteiger partial charge in [0, 0.05) is 6.42 Å². The molecule has 0 spiro atoms. The van der Waals surface area contributed by atoms with Crippen molar-refractivity contribution in [2.45, 2.75) is 26.3 Å². The zero-order valence-corrected chi connectivity index (χ0v) is 8.69. The second kappa shape index (κ2) is 5.68. The molecular weight excluding hydrogens is 182 g/mol. The number of nitrogens with zero attached hydrogens (tertiary/aromatic N) is 2. The Bertz CT molecular complexity index is 284. The summed E-state index contributed by atoms with van der Waals surface area (Å²) in [6.45, 7) is 4.85. The number of hydrogen-bond donors (Lipinski definition) is 1. The van der Waals surface area contributed by atoms with E-state index in [1.54, 1.807) is 6.20 Å². The Kier molecular flexibility index (Phi) is 4.44. The Morgan fingerprint density at radius 1 is 1.69 bits per heavy atom. The SMILES string of the molecule is CC#CCC(NCC)c1cnsn1. The lowest BCUT2D eigenvalue weighted by molar-refractivity contribution is 0.555. The van der Waals surface area contributed by atoms with Crippen molar-refractivity contribution in [3.8, 4) is 11.8 Å². The molecule has 1 unspecified atom stereocenters. The van der Waals surface area contributed by atoms with E-state index in [1.807, 2.05) is 6.92 Å². The van der Waals surface area contributed by atoms with E-state index in [2.05, 4.69) is 32.8 Å². The molecule has 70 valence electrons. The first-order valence-corrected chi connectivity index (χ1v) is 5.02. The highest BCUT2D eigenvalue weighted by atomic mass is 32.1. The van der Waals surface area contributed by atoms with Crippen LogP contribution < -0.4 is 5.32 Å². The van der Waals surface area contributed by atoms with Crippen molar-refractivity contribution in [1.29, 1.82) is 0 Å². The van der Waals surface area contributed by atoms with Crippen LogP contribution >= 0.6 is 11.7 Å². The van der Waals surface area contributed by atoms with Crippen LogP contribution in [0.1, 0.15) is 32.0 Å². The molecule has 1 aromatic rings. The minimum absolute atomic E-state index is 0.233. The van der Waals surface area contributed by atoms with Gasteiger partial charge < -0.3 is 5.32 Å². The third-order valence-corrected chi connectivity index (χ3v) is 2.16. The van der Waals surface area contributed by atoms with Gasteiger partial charge in [0.15, 0.2) is 0 Å². The average Bonchev–Trinajstić information content (AvgIpc) is 2.65. The van der Waals surface area contributed by atoms with E-state index in [0.29, 0.717) is 0 Å². The van der Waals surface area contributed by atoms with Crippen LogP contribution in [-0.2, 0) is 0 Å². The molecule has 13 heavy (non-hydrogen) atoms. The highest BCUT2D eigenvalue weighted by Gasteiger charge is 2.10. The van der Waals surface area contributed by atoms with Crippen LogP contribution in [-0.4, -0.2) is 15.3 Å². The summed E-state index contributed by atoms with van der Waals surface area (Å²) in [6.07, 6.45) is 2.60. The van der Waals surface area contributed by atoms with E-state index in [9.17, 15) is 0 Å². The van der Waals surface area contributed by atoms with Gasteiger partial charge >= 0.3 is 0 Å². The van der Waals surface area contributed by atoms with Crippen LogP contribution in [0.15, 0.2) is 6.20 Å². The van der Waals surface area contributed by atoms with Gasteiger partial charge in [-0.2, -0.15) is 8.75 Å². The van der Waals surface area contributed by atoms with Gasteiger partial charge in [-0.25, -0.2) is 0 Å². The molecule has 0 saturated carbocycles. The first-order chi connectivity index (χ1) is 6.38. The zero-order valence-electron chi connectivity index (χ0n) is 7.87. The van der Waals surface area contributed by atoms with Crippen LogP contribution in [0.4, 0.5) is 0 Å². The lowest BCUT2D eigenvalue weighted by Crippen LogP contribution is -2.20. The topological polar surface area (TPSA) is 37.8 Å². The van der Waals surface area contributed by atoms with Crippen molar-refractivity contribution in [1.82, 2.24) is 14.1 Å². The van der Waals surface area contributed by atoms with Gasteiger partial charge in [-0.05, 0) is 13.5 Å². The molecular formula is C9H13N3S. The smallest absolute Gasteiger partial charge is 0.0922 e. The standard InChI is InChI=1S/C9H13N3S/c1-3-5-6-8(10-4-2)9-7-11-13-12-9/h7-8,10H,4,6H2,1-2H3. The van der Waals surface area contributed by atoms with Crippen molar-refractivity contribution in [3.05, 3.63) is 11.9 Å². The summed E-state index contributed by atoms with van der Waals surface area (Å²) < 4.78 is 8.16. The van der Waals surface area contributed by atoms with Crippen LogP contribution in [0, 0.1) is 11.8 Å². The largest absolute Gasteiger partial charge is 0.308 e. The zero-order chi connectivity index (χ0) is 9.52. The molecule has 0 amide bonds. The Balaban J connectivity index is 2.60. The number of aromatic nitrogens is 2. The molecule has 0 aromatic carbocycles. The second-order valence-corrected chi connectivity index (χ2v) is 3.13. The molecule has 0 saturated heterocycles. The highest BCUT2D eigenvalue weighted by molar-refractivity contribution is 6.99. The van der Waals surface area contributed by atoms with Gasteiger partial charge in [-0.15, -0.1) is 11.8 Å². The molecule has 1 N–H and O–H groups in total. The minimum atomic E-state index is 0.233. The molecule has 1 atom stereocenters. The Morgan fingerprint density at radius 3 is 3.08 bits per heavy atom. The van der Waals surface area contributed by atoms with Gasteiger partial charge in [0.2, 0.25) is 0 Å². The quantitative estimate of drug-likeness (QED) is 0.742. The normalized spacial score (nSPS) is 11.8. The molecule has 0 radical (unpaired) electrons. The molecule has 0 aliphatic rings. The van der Waals surface area contributed by atoms with Gasteiger partial charge in [0.1, 0.15) is 0 Å². The number of nitrogens with one attached hydrogen (secondary N) is 1. The predicted molar refractivity (Wildman–Crippen MR) is 54.4 cm³/mol. The molecule has 0 fully saturated rings. The van der Waals surface area contributed by atoms with Gasteiger partial charge in [0.05, 0.1) is 29.7 Å². The summed E-state index contributed by atoms with van der Waals surface area (Å²) in [5.74, 6) is 5.93. The van der Waals surface area contributed by atoms with Crippen molar-refractivity contribution >= 4 is 11.7 Å². The fraction of sp³-hybridized carbons (Fsp3) is 0.556. The van der Waals surface area contributed by atoms with E-state index in [0.717, 1.165) is 18.7 Å². The van der Waals surface area contributed by atoms with E-state index in [1.165, 1.54) is 11.7 Å². The molecule has 0 bridgehead atoms. The maximum atomic E-state index is 4.19. The van der Waals surface area contributed by atoms with Crippen LogP contribution in [0.5, 0.6) is 0 Å². The van der Waals surface area contributed by atoms with Crippen LogP contribution in [0.25, 0.3) is 0 Å². The fourth-order valence-electron chi connectivity index (χ4n) is 1.06. The first kappa shape index (κ1) is 10.2. The fourth-order valence-corrected chi connectivity index (χ4v) is 1.53. The Labute approximate surface area is 82.9 Å². The summed E-state index contributed by atoms with van der Waals surface area (Å²) in [6, 6.07) is 0.233. The molecule has 1 heterocycles. The van der Waals surface area contributed by atoms with Crippen molar-refractivity contribution in [2.75, 3.05) is 6.54 Å². The molecule has 1 rings (SSSR count). The molecule has 4 heteroatoms. The summed E-state index contributed by atoms with van der Waals surface area (Å²) in [5.41, 5.74) is 0.995. The lowest BCUT2D eigenvalue weighted by atomic mass is 10.1. The highest BCUT2D eigenvalue weighted by Crippen LogP contribution is 2.13. The Hall–Kier alpha value is -0.920. The molecule has 3 nitrogen and oxygen atoms in total. The van der Waals surface area contributed by atoms with E-state index < -0.39 is 0 Å². The van der Waals surface area contributed by atoms with Crippen LogP contribution in [0.3, 0.4) is 0 Å². The minimum Gasteiger partial charge on any atom is -0.308 e. The molecule has 0 aliphatic carbocycles.